The summed E-state index contributed by atoms with van der Waals surface area (Å²) in [7, 11) is -3.63. The van der Waals surface area contributed by atoms with Gasteiger partial charge in [0, 0.05) is 6.61 Å². The van der Waals surface area contributed by atoms with E-state index in [4.69, 9.17) is 9.84 Å². The molecule has 0 aliphatic carbocycles. The molecule has 0 radical (unpaired) electrons. The summed E-state index contributed by atoms with van der Waals surface area (Å²) in [5.41, 5.74) is -0.636. The highest BCUT2D eigenvalue weighted by molar-refractivity contribution is 7.91. The molecule has 7 heteroatoms. The molecule has 5 nitrogen and oxygen atoms in total. The molecule has 1 N–H and O–H groups in total. The third-order valence-corrected chi connectivity index (χ3v) is 5.01. The van der Waals surface area contributed by atoms with Crippen LogP contribution in [0.25, 0.3) is 0 Å². The predicted octanol–water partition coefficient (Wildman–Crippen LogP) is 1.87. The van der Waals surface area contributed by atoms with Crippen molar-refractivity contribution in [2.75, 3.05) is 12.4 Å². The fraction of sp³-hybridized carbons (Fsp3) is 0.462. The molecular weight excluding hydrogens is 287 g/mol. The minimum absolute atomic E-state index is 0.0656. The van der Waals surface area contributed by atoms with Gasteiger partial charge in [0.15, 0.2) is 9.84 Å². The predicted molar refractivity (Wildman–Crippen MR) is 69.0 cm³/mol. The average Bonchev–Trinajstić information content (AvgIpc) is 2.89. The number of benzene rings is 1. The van der Waals surface area contributed by atoms with Gasteiger partial charge >= 0.3 is 5.97 Å². The van der Waals surface area contributed by atoms with Crippen LogP contribution in [0.2, 0.25) is 0 Å². The maximum absolute atomic E-state index is 13.2. The first-order valence-electron chi connectivity index (χ1n) is 6.27. The number of aromatic carboxylic acids is 1. The lowest BCUT2D eigenvalue weighted by molar-refractivity contribution is 0.0691. The molecule has 0 saturated carbocycles. The molecule has 1 aromatic rings. The molecule has 1 aliphatic rings. The number of carboxylic acids is 1. The van der Waals surface area contributed by atoms with Crippen molar-refractivity contribution < 1.29 is 27.4 Å². The summed E-state index contributed by atoms with van der Waals surface area (Å²) in [6.45, 7) is 0.643. The Hall–Kier alpha value is -1.47. The van der Waals surface area contributed by atoms with Crippen molar-refractivity contribution in [3.05, 3.63) is 29.6 Å². The minimum Gasteiger partial charge on any atom is -0.478 e. The van der Waals surface area contributed by atoms with Gasteiger partial charge in [-0.15, -0.1) is 0 Å². The fourth-order valence-corrected chi connectivity index (χ4v) is 3.52. The van der Waals surface area contributed by atoms with Crippen LogP contribution in [0.3, 0.4) is 0 Å². The first kappa shape index (κ1) is 14.9. The zero-order valence-electron chi connectivity index (χ0n) is 10.7. The average molecular weight is 302 g/mol. The summed E-state index contributed by atoms with van der Waals surface area (Å²) in [5.74, 6) is -2.57. The monoisotopic (exact) mass is 302 g/mol. The van der Waals surface area contributed by atoms with Crippen molar-refractivity contribution in [1.82, 2.24) is 0 Å². The lowest BCUT2D eigenvalue weighted by Crippen LogP contribution is -2.15. The molecule has 0 aromatic heterocycles. The van der Waals surface area contributed by atoms with Gasteiger partial charge < -0.3 is 9.84 Å². The second-order valence-corrected chi connectivity index (χ2v) is 6.80. The number of carbonyl (C=O) groups is 1. The molecule has 20 heavy (non-hydrogen) atoms. The van der Waals surface area contributed by atoms with Gasteiger partial charge in [0.1, 0.15) is 5.82 Å². The quantitative estimate of drug-likeness (QED) is 0.840. The molecule has 1 unspecified atom stereocenters. The van der Waals surface area contributed by atoms with Crippen molar-refractivity contribution in [1.29, 1.82) is 0 Å². The van der Waals surface area contributed by atoms with E-state index in [1.54, 1.807) is 0 Å². The molecule has 0 spiro atoms. The van der Waals surface area contributed by atoms with Gasteiger partial charge in [-0.2, -0.15) is 0 Å². The van der Waals surface area contributed by atoms with E-state index in [0.29, 0.717) is 13.0 Å². The summed E-state index contributed by atoms with van der Waals surface area (Å²) >= 11 is 0. The van der Waals surface area contributed by atoms with Crippen LogP contribution in [0.15, 0.2) is 23.1 Å². The summed E-state index contributed by atoms with van der Waals surface area (Å²) in [6.07, 6.45) is 2.05. The second-order valence-electron chi connectivity index (χ2n) is 4.69. The van der Waals surface area contributed by atoms with Gasteiger partial charge in [-0.25, -0.2) is 17.6 Å². The summed E-state index contributed by atoms with van der Waals surface area (Å²) in [5, 5.41) is 8.80. The van der Waals surface area contributed by atoms with Crippen molar-refractivity contribution in [3.8, 4) is 0 Å². The van der Waals surface area contributed by atoms with Gasteiger partial charge in [0.2, 0.25) is 0 Å². The van der Waals surface area contributed by atoms with Crippen LogP contribution < -0.4 is 0 Å². The van der Waals surface area contributed by atoms with E-state index in [0.717, 1.165) is 31.0 Å². The Labute approximate surface area is 116 Å². The van der Waals surface area contributed by atoms with Crippen LogP contribution in [-0.2, 0) is 14.6 Å². The van der Waals surface area contributed by atoms with Crippen molar-refractivity contribution in [2.45, 2.75) is 30.3 Å². The molecular formula is C13H15FO5S. The van der Waals surface area contributed by atoms with Gasteiger partial charge in [0.25, 0.3) is 0 Å². The molecule has 0 bridgehead atoms. The van der Waals surface area contributed by atoms with Crippen LogP contribution in [0.5, 0.6) is 0 Å². The fourth-order valence-electron chi connectivity index (χ4n) is 2.14. The van der Waals surface area contributed by atoms with E-state index in [2.05, 4.69) is 0 Å². The Morgan fingerprint density at radius 1 is 1.45 bits per heavy atom. The molecule has 2 rings (SSSR count). The molecule has 1 aliphatic heterocycles. The van der Waals surface area contributed by atoms with E-state index in [1.807, 2.05) is 0 Å². The Morgan fingerprint density at radius 2 is 2.20 bits per heavy atom. The number of hydrogen-bond acceptors (Lipinski definition) is 4. The standard InChI is InChI=1S/C13H15FO5S/c14-12-4-3-10(8-11(12)13(15)16)20(17,18)7-5-9-2-1-6-19-9/h3-4,8-9H,1-2,5-7H2,(H,15,16). The number of hydrogen-bond donors (Lipinski definition) is 1. The molecule has 1 atom stereocenters. The molecule has 1 aromatic carbocycles. The maximum atomic E-state index is 13.2. The van der Waals surface area contributed by atoms with Gasteiger partial charge in [-0.05, 0) is 37.5 Å². The van der Waals surface area contributed by atoms with E-state index >= 15 is 0 Å². The molecule has 110 valence electrons. The zero-order chi connectivity index (χ0) is 14.8. The summed E-state index contributed by atoms with van der Waals surface area (Å²) < 4.78 is 42.8. The summed E-state index contributed by atoms with van der Waals surface area (Å²) in [4.78, 5) is 10.6. The van der Waals surface area contributed by atoms with Crippen LogP contribution in [0.4, 0.5) is 4.39 Å². The lowest BCUT2D eigenvalue weighted by atomic mass is 10.2. The topological polar surface area (TPSA) is 80.7 Å². The van der Waals surface area contributed by atoms with E-state index < -0.39 is 27.2 Å². The van der Waals surface area contributed by atoms with Crippen LogP contribution in [0, 0.1) is 5.82 Å². The maximum Gasteiger partial charge on any atom is 0.338 e. The Bertz CT molecular complexity index is 605. The number of carboxylic acid groups (broad SMARTS) is 1. The highest BCUT2D eigenvalue weighted by atomic mass is 32.2. The smallest absolute Gasteiger partial charge is 0.338 e. The Balaban J connectivity index is 2.16. The zero-order valence-corrected chi connectivity index (χ0v) is 11.5. The van der Waals surface area contributed by atoms with Crippen molar-refractivity contribution in [3.63, 3.8) is 0 Å². The molecule has 1 fully saturated rings. The second kappa shape index (κ2) is 5.88. The Morgan fingerprint density at radius 3 is 2.80 bits per heavy atom. The molecule has 1 saturated heterocycles. The highest BCUT2D eigenvalue weighted by Gasteiger charge is 2.22. The minimum atomic E-state index is -3.63. The van der Waals surface area contributed by atoms with Crippen LogP contribution in [-0.4, -0.2) is 38.0 Å². The largest absolute Gasteiger partial charge is 0.478 e. The van der Waals surface area contributed by atoms with Crippen molar-refractivity contribution >= 4 is 15.8 Å². The first-order valence-corrected chi connectivity index (χ1v) is 7.92. The first-order chi connectivity index (χ1) is 9.40. The number of rotatable bonds is 5. The van der Waals surface area contributed by atoms with Crippen LogP contribution >= 0.6 is 0 Å². The SMILES string of the molecule is O=C(O)c1cc(S(=O)(=O)CCC2CCCO2)ccc1F. The van der Waals surface area contributed by atoms with Gasteiger partial charge in [-0.1, -0.05) is 0 Å². The van der Waals surface area contributed by atoms with Crippen LogP contribution in [0.1, 0.15) is 29.6 Å². The summed E-state index contributed by atoms with van der Waals surface area (Å²) in [6, 6.07) is 2.82. The Kier molecular flexibility index (Phi) is 4.39. The van der Waals surface area contributed by atoms with E-state index in [1.165, 1.54) is 0 Å². The van der Waals surface area contributed by atoms with Gasteiger partial charge in [0.05, 0.1) is 22.3 Å². The molecule has 1 heterocycles. The highest BCUT2D eigenvalue weighted by Crippen LogP contribution is 2.21. The third-order valence-electron chi connectivity index (χ3n) is 3.26. The number of ether oxygens (including phenoxy) is 1. The third kappa shape index (κ3) is 3.34. The molecule has 0 amide bonds. The normalized spacial score (nSPS) is 19.1. The lowest BCUT2D eigenvalue weighted by Gasteiger charge is -2.10. The van der Waals surface area contributed by atoms with Crippen molar-refractivity contribution in [2.24, 2.45) is 0 Å². The van der Waals surface area contributed by atoms with E-state index in [9.17, 15) is 17.6 Å². The van der Waals surface area contributed by atoms with Gasteiger partial charge in [-0.3, -0.25) is 0 Å². The number of halogens is 1. The van der Waals surface area contributed by atoms with E-state index in [-0.39, 0.29) is 16.8 Å². The number of sulfone groups is 1.